The number of methoxy groups -OCH3 is 1. The number of para-hydroxylation sites is 1. The number of hydrogen-bond acceptors (Lipinski definition) is 3. The topological polar surface area (TPSA) is 35.2 Å². The molecule has 0 saturated carbocycles. The molecule has 0 radical (unpaired) electrons. The van der Waals surface area contributed by atoms with Crippen LogP contribution < -0.4 is 10.5 Å². The van der Waals surface area contributed by atoms with E-state index >= 15 is 0 Å². The Kier molecular flexibility index (Phi) is 4.28. The summed E-state index contributed by atoms with van der Waals surface area (Å²) in [5, 5.41) is 0. The lowest BCUT2D eigenvalue weighted by atomic mass is 10.1. The van der Waals surface area contributed by atoms with E-state index < -0.39 is 0 Å². The van der Waals surface area contributed by atoms with Crippen LogP contribution in [0.3, 0.4) is 0 Å². The highest BCUT2D eigenvalue weighted by Gasteiger charge is 2.07. The fourth-order valence-corrected chi connectivity index (χ4v) is 2.83. The zero-order valence-electron chi connectivity index (χ0n) is 10.6. The van der Waals surface area contributed by atoms with Crippen molar-refractivity contribution in [1.82, 2.24) is 0 Å². The van der Waals surface area contributed by atoms with Crippen molar-refractivity contribution in [3.63, 3.8) is 0 Å². The second-order valence-electron chi connectivity index (χ2n) is 4.07. The average molecular weight is 259 g/mol. The lowest BCUT2D eigenvalue weighted by Gasteiger charge is -2.11. The minimum absolute atomic E-state index is 0.555. The molecule has 0 heterocycles. The van der Waals surface area contributed by atoms with Crippen molar-refractivity contribution in [2.75, 3.05) is 7.11 Å². The predicted molar refractivity (Wildman–Crippen MR) is 76.2 cm³/mol. The van der Waals surface area contributed by atoms with E-state index in [1.807, 2.05) is 18.2 Å². The number of hydrogen-bond donors (Lipinski definition) is 1. The van der Waals surface area contributed by atoms with Crippen molar-refractivity contribution in [3.05, 3.63) is 53.6 Å². The molecular weight excluding hydrogens is 242 g/mol. The van der Waals surface area contributed by atoms with Crippen LogP contribution in [0.2, 0.25) is 0 Å². The number of ether oxygens (including phenoxy) is 1. The van der Waals surface area contributed by atoms with E-state index in [2.05, 4.69) is 31.2 Å². The van der Waals surface area contributed by atoms with Crippen molar-refractivity contribution in [2.24, 2.45) is 5.73 Å². The molecule has 18 heavy (non-hydrogen) atoms. The summed E-state index contributed by atoms with van der Waals surface area (Å²) in [6.07, 6.45) is 0. The minimum Gasteiger partial charge on any atom is -0.496 e. The Labute approximate surface area is 112 Å². The zero-order chi connectivity index (χ0) is 13.0. The molecule has 0 bridgehead atoms. The molecule has 0 atom stereocenters. The van der Waals surface area contributed by atoms with Gasteiger partial charge in [-0.15, -0.1) is 0 Å². The van der Waals surface area contributed by atoms with Crippen LogP contribution in [-0.2, 0) is 6.54 Å². The van der Waals surface area contributed by atoms with Gasteiger partial charge in [-0.2, -0.15) is 0 Å². The normalized spacial score (nSPS) is 10.4. The van der Waals surface area contributed by atoms with Crippen LogP contribution in [0.25, 0.3) is 0 Å². The third-order valence-electron chi connectivity index (χ3n) is 2.72. The highest BCUT2D eigenvalue weighted by molar-refractivity contribution is 7.99. The average Bonchev–Trinajstić information content (AvgIpc) is 2.41. The van der Waals surface area contributed by atoms with Crippen molar-refractivity contribution in [1.29, 1.82) is 0 Å². The number of benzene rings is 2. The van der Waals surface area contributed by atoms with Crippen LogP contribution in [0.5, 0.6) is 5.75 Å². The van der Waals surface area contributed by atoms with Gasteiger partial charge >= 0.3 is 0 Å². The second-order valence-corrected chi connectivity index (χ2v) is 5.15. The SMILES string of the molecule is COc1ccccc1Sc1ccc(C)cc1CN. The van der Waals surface area contributed by atoms with E-state index in [4.69, 9.17) is 10.5 Å². The first-order chi connectivity index (χ1) is 8.74. The van der Waals surface area contributed by atoms with Gasteiger partial charge in [0.25, 0.3) is 0 Å². The van der Waals surface area contributed by atoms with Crippen molar-refractivity contribution < 1.29 is 4.74 Å². The van der Waals surface area contributed by atoms with Crippen molar-refractivity contribution in [2.45, 2.75) is 23.3 Å². The maximum absolute atomic E-state index is 5.80. The Bertz CT molecular complexity index is 540. The molecule has 2 nitrogen and oxygen atoms in total. The number of aryl methyl sites for hydroxylation is 1. The van der Waals surface area contributed by atoms with Gasteiger partial charge in [0.1, 0.15) is 5.75 Å². The summed E-state index contributed by atoms with van der Waals surface area (Å²) in [6, 6.07) is 14.4. The van der Waals surface area contributed by atoms with Gasteiger partial charge in [-0.25, -0.2) is 0 Å². The maximum atomic E-state index is 5.80. The molecule has 0 spiro atoms. The van der Waals surface area contributed by atoms with Gasteiger partial charge in [0.15, 0.2) is 0 Å². The van der Waals surface area contributed by atoms with E-state index in [9.17, 15) is 0 Å². The molecule has 2 N–H and O–H groups in total. The van der Waals surface area contributed by atoms with E-state index in [-0.39, 0.29) is 0 Å². The van der Waals surface area contributed by atoms with Gasteiger partial charge in [-0.1, -0.05) is 41.6 Å². The molecule has 0 amide bonds. The zero-order valence-corrected chi connectivity index (χ0v) is 11.5. The second kappa shape index (κ2) is 5.94. The van der Waals surface area contributed by atoms with Crippen LogP contribution >= 0.6 is 11.8 Å². The lowest BCUT2D eigenvalue weighted by Crippen LogP contribution is -1.99. The molecule has 94 valence electrons. The lowest BCUT2D eigenvalue weighted by molar-refractivity contribution is 0.405. The predicted octanol–water partition coefficient (Wildman–Crippen LogP) is 3.61. The molecule has 0 aliphatic heterocycles. The quantitative estimate of drug-likeness (QED) is 0.911. The largest absolute Gasteiger partial charge is 0.496 e. The third-order valence-corrected chi connectivity index (χ3v) is 3.90. The molecule has 0 aromatic heterocycles. The number of rotatable bonds is 4. The van der Waals surface area contributed by atoms with Gasteiger partial charge in [0.05, 0.1) is 12.0 Å². The standard InChI is InChI=1S/C15H17NOS/c1-11-7-8-14(12(9-11)10-16)18-15-6-4-3-5-13(15)17-2/h3-9H,10,16H2,1-2H3. The van der Waals surface area contributed by atoms with Crippen LogP contribution in [-0.4, -0.2) is 7.11 Å². The Morgan fingerprint density at radius 2 is 1.89 bits per heavy atom. The first kappa shape index (κ1) is 13.0. The molecule has 2 aromatic rings. The molecule has 0 unspecified atom stereocenters. The van der Waals surface area contributed by atoms with Crippen LogP contribution in [0.15, 0.2) is 52.3 Å². The van der Waals surface area contributed by atoms with Gasteiger partial charge in [0.2, 0.25) is 0 Å². The third kappa shape index (κ3) is 2.86. The summed E-state index contributed by atoms with van der Waals surface area (Å²) in [5.41, 5.74) is 8.21. The van der Waals surface area contributed by atoms with E-state index in [1.54, 1.807) is 18.9 Å². The van der Waals surface area contributed by atoms with Gasteiger partial charge in [0, 0.05) is 11.4 Å². The monoisotopic (exact) mass is 259 g/mol. The Morgan fingerprint density at radius 3 is 2.61 bits per heavy atom. The van der Waals surface area contributed by atoms with Gasteiger partial charge < -0.3 is 10.5 Å². The van der Waals surface area contributed by atoms with E-state index in [0.717, 1.165) is 10.6 Å². The Hall–Kier alpha value is -1.45. The van der Waals surface area contributed by atoms with Crippen molar-refractivity contribution in [3.8, 4) is 5.75 Å². The first-order valence-electron chi connectivity index (χ1n) is 5.85. The summed E-state index contributed by atoms with van der Waals surface area (Å²) < 4.78 is 5.36. The molecule has 0 aliphatic rings. The summed E-state index contributed by atoms with van der Waals surface area (Å²) in [7, 11) is 1.69. The molecule has 0 fully saturated rings. The molecular formula is C15H17NOS. The summed E-state index contributed by atoms with van der Waals surface area (Å²) in [4.78, 5) is 2.30. The minimum atomic E-state index is 0.555. The molecule has 0 saturated heterocycles. The van der Waals surface area contributed by atoms with E-state index in [1.165, 1.54) is 16.0 Å². The highest BCUT2D eigenvalue weighted by atomic mass is 32.2. The van der Waals surface area contributed by atoms with Crippen LogP contribution in [0.4, 0.5) is 0 Å². The summed E-state index contributed by atoms with van der Waals surface area (Å²) in [5.74, 6) is 0.894. The Morgan fingerprint density at radius 1 is 1.11 bits per heavy atom. The van der Waals surface area contributed by atoms with Crippen molar-refractivity contribution >= 4 is 11.8 Å². The number of nitrogens with two attached hydrogens (primary N) is 1. The molecule has 3 heteroatoms. The highest BCUT2D eigenvalue weighted by Crippen LogP contribution is 2.36. The first-order valence-corrected chi connectivity index (χ1v) is 6.66. The van der Waals surface area contributed by atoms with E-state index in [0.29, 0.717) is 6.54 Å². The summed E-state index contributed by atoms with van der Waals surface area (Å²) in [6.45, 7) is 2.63. The van der Waals surface area contributed by atoms with Gasteiger partial charge in [-0.05, 0) is 30.7 Å². The summed E-state index contributed by atoms with van der Waals surface area (Å²) >= 11 is 1.69. The fraction of sp³-hybridized carbons (Fsp3) is 0.200. The smallest absolute Gasteiger partial charge is 0.132 e. The van der Waals surface area contributed by atoms with Crippen LogP contribution in [0, 0.1) is 6.92 Å². The maximum Gasteiger partial charge on any atom is 0.132 e. The molecule has 2 rings (SSSR count). The van der Waals surface area contributed by atoms with Gasteiger partial charge in [-0.3, -0.25) is 0 Å². The molecule has 0 aliphatic carbocycles. The molecule has 2 aromatic carbocycles. The fourth-order valence-electron chi connectivity index (χ4n) is 1.79. The van der Waals surface area contributed by atoms with Crippen LogP contribution in [0.1, 0.15) is 11.1 Å². The Balaban J connectivity index is 2.33.